The van der Waals surface area contributed by atoms with Crippen LogP contribution in [0.5, 0.6) is 0 Å². The van der Waals surface area contributed by atoms with Crippen LogP contribution in [0.2, 0.25) is 0 Å². The van der Waals surface area contributed by atoms with Crippen LogP contribution in [0.3, 0.4) is 0 Å². The lowest BCUT2D eigenvalue weighted by molar-refractivity contribution is 0.118. The van der Waals surface area contributed by atoms with Crippen LogP contribution in [-0.4, -0.2) is 6.43 Å². The van der Waals surface area contributed by atoms with Crippen LogP contribution >= 0.6 is 11.3 Å². The summed E-state index contributed by atoms with van der Waals surface area (Å²) in [6, 6.07) is 2.21. The number of hydrogen-bond acceptors (Lipinski definition) is 2. The van der Waals surface area contributed by atoms with Gasteiger partial charge in [0.05, 0.1) is 0 Å². The first-order valence-corrected chi connectivity index (χ1v) is 3.67. The third kappa shape index (κ3) is 1.52. The molecule has 0 spiro atoms. The molecule has 0 saturated heterocycles. The van der Waals surface area contributed by atoms with E-state index in [1.54, 1.807) is 17.5 Å². The fraction of sp³-hybridized carbons (Fsp3) is 0.333. The second kappa shape index (κ2) is 3.07. The highest BCUT2D eigenvalue weighted by molar-refractivity contribution is 7.10. The molecule has 10 heavy (non-hydrogen) atoms. The zero-order chi connectivity index (χ0) is 7.56. The minimum Gasteiger partial charge on any atom is -0.319 e. The fourth-order valence-electron chi connectivity index (χ4n) is 0.605. The van der Waals surface area contributed by atoms with E-state index in [1.165, 1.54) is 11.3 Å². The number of thiophene rings is 1. The Morgan fingerprint density at radius 2 is 2.20 bits per heavy atom. The van der Waals surface area contributed by atoms with Gasteiger partial charge in [-0.1, -0.05) is 6.07 Å². The molecule has 0 aliphatic rings. The summed E-state index contributed by atoms with van der Waals surface area (Å²) >= 11 is 1.25. The fourth-order valence-corrected chi connectivity index (χ4v) is 1.34. The molecule has 0 fully saturated rings. The highest BCUT2D eigenvalue weighted by Gasteiger charge is 2.17. The molecule has 56 valence electrons. The van der Waals surface area contributed by atoms with Crippen LogP contribution in [0.4, 0.5) is 8.78 Å². The van der Waals surface area contributed by atoms with Crippen LogP contribution in [0.15, 0.2) is 17.5 Å². The molecular weight excluding hydrogens is 156 g/mol. The van der Waals surface area contributed by atoms with Gasteiger partial charge in [-0.15, -0.1) is 11.3 Å². The maximum atomic E-state index is 11.9. The van der Waals surface area contributed by atoms with E-state index in [1.807, 2.05) is 0 Å². The van der Waals surface area contributed by atoms with Gasteiger partial charge in [0, 0.05) is 4.88 Å². The standard InChI is InChI=1S/C6H7F2NS/c7-6(8)5(9)4-2-1-3-10-4/h1-3,5-6H,9H2/t5-/m1/s1. The van der Waals surface area contributed by atoms with Gasteiger partial charge in [0.2, 0.25) is 0 Å². The van der Waals surface area contributed by atoms with Gasteiger partial charge in [-0.2, -0.15) is 0 Å². The molecule has 0 amide bonds. The molecule has 1 aromatic rings. The maximum absolute atomic E-state index is 11.9. The topological polar surface area (TPSA) is 26.0 Å². The normalized spacial score (nSPS) is 14.0. The van der Waals surface area contributed by atoms with Gasteiger partial charge >= 0.3 is 0 Å². The van der Waals surface area contributed by atoms with Gasteiger partial charge in [-0.05, 0) is 11.4 Å². The predicted molar refractivity (Wildman–Crippen MR) is 37.3 cm³/mol. The van der Waals surface area contributed by atoms with E-state index < -0.39 is 12.5 Å². The third-order valence-corrected chi connectivity index (χ3v) is 2.12. The predicted octanol–water partition coefficient (Wildman–Crippen LogP) is 2.01. The summed E-state index contributed by atoms with van der Waals surface area (Å²) in [5.74, 6) is 0. The quantitative estimate of drug-likeness (QED) is 0.709. The number of nitrogens with two attached hydrogens (primary N) is 1. The molecule has 0 unspecified atom stereocenters. The van der Waals surface area contributed by atoms with Crippen molar-refractivity contribution >= 4 is 11.3 Å². The number of alkyl halides is 2. The summed E-state index contributed by atoms with van der Waals surface area (Å²) in [7, 11) is 0. The molecule has 2 N–H and O–H groups in total. The van der Waals surface area contributed by atoms with Crippen molar-refractivity contribution in [3.05, 3.63) is 22.4 Å². The van der Waals surface area contributed by atoms with Crippen LogP contribution in [0.25, 0.3) is 0 Å². The Kier molecular flexibility index (Phi) is 2.34. The molecule has 1 heterocycles. The average Bonchev–Trinajstić information content (AvgIpc) is 2.36. The Morgan fingerprint density at radius 1 is 1.50 bits per heavy atom. The van der Waals surface area contributed by atoms with Gasteiger partial charge in [0.25, 0.3) is 6.43 Å². The smallest absolute Gasteiger partial charge is 0.258 e. The summed E-state index contributed by atoms with van der Waals surface area (Å²) < 4.78 is 23.7. The van der Waals surface area contributed by atoms with E-state index in [0.717, 1.165) is 0 Å². The first-order valence-electron chi connectivity index (χ1n) is 2.79. The summed E-state index contributed by atoms with van der Waals surface area (Å²) in [6.07, 6.45) is -2.46. The van der Waals surface area contributed by atoms with E-state index in [9.17, 15) is 8.78 Å². The summed E-state index contributed by atoms with van der Waals surface area (Å²) in [4.78, 5) is 0.537. The summed E-state index contributed by atoms with van der Waals surface area (Å²) in [6.45, 7) is 0. The van der Waals surface area contributed by atoms with Crippen molar-refractivity contribution in [2.45, 2.75) is 12.5 Å². The number of halogens is 2. The Labute approximate surface area is 61.5 Å². The van der Waals surface area contributed by atoms with Crippen LogP contribution in [0.1, 0.15) is 10.9 Å². The van der Waals surface area contributed by atoms with Crippen molar-refractivity contribution in [3.63, 3.8) is 0 Å². The van der Waals surface area contributed by atoms with E-state index >= 15 is 0 Å². The molecular formula is C6H7F2NS. The monoisotopic (exact) mass is 163 g/mol. The average molecular weight is 163 g/mol. The minimum atomic E-state index is -2.46. The molecule has 1 atom stereocenters. The highest BCUT2D eigenvalue weighted by atomic mass is 32.1. The Bertz CT molecular complexity index is 186. The molecule has 1 rings (SSSR count). The second-order valence-corrected chi connectivity index (χ2v) is 2.85. The first-order chi connectivity index (χ1) is 4.72. The Hall–Kier alpha value is -0.480. The molecule has 1 nitrogen and oxygen atoms in total. The molecule has 0 radical (unpaired) electrons. The van der Waals surface area contributed by atoms with Gasteiger partial charge in [0.1, 0.15) is 6.04 Å². The third-order valence-electron chi connectivity index (χ3n) is 1.14. The molecule has 0 aliphatic heterocycles. The molecule has 4 heteroatoms. The van der Waals surface area contributed by atoms with Crippen molar-refractivity contribution in [2.24, 2.45) is 5.73 Å². The zero-order valence-corrected chi connectivity index (χ0v) is 5.94. The Balaban J connectivity index is 2.68. The van der Waals surface area contributed by atoms with Gasteiger partial charge < -0.3 is 5.73 Å². The van der Waals surface area contributed by atoms with Crippen molar-refractivity contribution in [1.29, 1.82) is 0 Å². The summed E-state index contributed by atoms with van der Waals surface area (Å²) in [5, 5.41) is 1.73. The van der Waals surface area contributed by atoms with E-state index in [-0.39, 0.29) is 0 Å². The SMILES string of the molecule is N[C@H](c1cccs1)C(F)F. The zero-order valence-electron chi connectivity index (χ0n) is 5.13. The van der Waals surface area contributed by atoms with Crippen molar-refractivity contribution in [3.8, 4) is 0 Å². The van der Waals surface area contributed by atoms with Crippen LogP contribution in [-0.2, 0) is 0 Å². The summed E-state index contributed by atoms with van der Waals surface area (Å²) in [5.41, 5.74) is 5.14. The molecule has 0 saturated carbocycles. The van der Waals surface area contributed by atoms with Crippen LogP contribution < -0.4 is 5.73 Å². The molecule has 1 aromatic heterocycles. The Morgan fingerprint density at radius 3 is 2.60 bits per heavy atom. The van der Waals surface area contributed by atoms with Crippen LogP contribution in [0, 0.1) is 0 Å². The highest BCUT2D eigenvalue weighted by Crippen LogP contribution is 2.21. The number of rotatable bonds is 2. The van der Waals surface area contributed by atoms with Gasteiger partial charge in [-0.3, -0.25) is 0 Å². The largest absolute Gasteiger partial charge is 0.319 e. The molecule has 0 aromatic carbocycles. The van der Waals surface area contributed by atoms with E-state index in [4.69, 9.17) is 5.73 Å². The second-order valence-electron chi connectivity index (χ2n) is 1.88. The van der Waals surface area contributed by atoms with Crippen molar-refractivity contribution in [1.82, 2.24) is 0 Å². The lowest BCUT2D eigenvalue weighted by Crippen LogP contribution is -2.17. The maximum Gasteiger partial charge on any atom is 0.258 e. The van der Waals surface area contributed by atoms with E-state index in [0.29, 0.717) is 4.88 Å². The van der Waals surface area contributed by atoms with Gasteiger partial charge in [-0.25, -0.2) is 8.78 Å². The number of hydrogen-bond donors (Lipinski definition) is 1. The minimum absolute atomic E-state index is 0.537. The lowest BCUT2D eigenvalue weighted by atomic mass is 10.3. The van der Waals surface area contributed by atoms with Crippen molar-refractivity contribution < 1.29 is 8.78 Å². The molecule has 0 bridgehead atoms. The first kappa shape index (κ1) is 7.63. The van der Waals surface area contributed by atoms with E-state index in [2.05, 4.69) is 0 Å². The van der Waals surface area contributed by atoms with Crippen molar-refractivity contribution in [2.75, 3.05) is 0 Å². The lowest BCUT2D eigenvalue weighted by Gasteiger charge is -2.05. The molecule has 0 aliphatic carbocycles. The van der Waals surface area contributed by atoms with Gasteiger partial charge in [0.15, 0.2) is 0 Å².